The molecule has 154 valence electrons. The first-order valence-corrected chi connectivity index (χ1v) is 10.2. The Morgan fingerprint density at radius 2 is 1.85 bits per heavy atom. The molecular formula is C20H35N3O4. The summed E-state index contributed by atoms with van der Waals surface area (Å²) >= 11 is 0. The number of methoxy groups -OCH3 is 1. The van der Waals surface area contributed by atoms with E-state index in [2.05, 4.69) is 4.90 Å². The second kappa shape index (κ2) is 7.59. The third-order valence-electron chi connectivity index (χ3n) is 7.01. The molecule has 0 radical (unpaired) electrons. The van der Waals surface area contributed by atoms with Crippen LogP contribution in [0, 0.1) is 5.41 Å². The topological polar surface area (TPSA) is 73.3 Å². The lowest BCUT2D eigenvalue weighted by Crippen LogP contribution is -2.57. The Hall–Kier alpha value is -1.34. The molecule has 2 heterocycles. The van der Waals surface area contributed by atoms with E-state index in [-0.39, 0.29) is 23.0 Å². The zero-order valence-corrected chi connectivity index (χ0v) is 17.2. The molecule has 0 atom stereocenters. The summed E-state index contributed by atoms with van der Waals surface area (Å²) in [5, 5.41) is 9.18. The van der Waals surface area contributed by atoms with E-state index < -0.39 is 6.09 Å². The number of hydrogen-bond donors (Lipinski definition) is 1. The number of rotatable bonds is 5. The molecule has 3 aliphatic rings. The fourth-order valence-corrected chi connectivity index (χ4v) is 5.16. The predicted molar refractivity (Wildman–Crippen MR) is 103 cm³/mol. The molecule has 3 rings (SSSR count). The van der Waals surface area contributed by atoms with Crippen molar-refractivity contribution < 1.29 is 19.4 Å². The van der Waals surface area contributed by atoms with Crippen molar-refractivity contribution in [3.05, 3.63) is 0 Å². The van der Waals surface area contributed by atoms with Crippen LogP contribution in [0.25, 0.3) is 0 Å². The molecule has 0 aromatic heterocycles. The summed E-state index contributed by atoms with van der Waals surface area (Å²) in [5.74, 6) is 0.126. The van der Waals surface area contributed by atoms with Crippen LogP contribution in [0.1, 0.15) is 52.9 Å². The average Bonchev–Trinajstić information content (AvgIpc) is 3.05. The van der Waals surface area contributed by atoms with E-state index in [1.54, 1.807) is 18.9 Å². The van der Waals surface area contributed by atoms with Crippen LogP contribution in [-0.4, -0.2) is 89.3 Å². The minimum absolute atomic E-state index is 0.126. The number of carboxylic acid groups (broad SMARTS) is 1. The molecule has 1 saturated carbocycles. The van der Waals surface area contributed by atoms with Gasteiger partial charge in [-0.15, -0.1) is 0 Å². The number of ether oxygens (including phenoxy) is 1. The molecule has 1 N–H and O–H groups in total. The molecular weight excluding hydrogens is 346 g/mol. The van der Waals surface area contributed by atoms with Crippen molar-refractivity contribution in [2.75, 3.05) is 39.8 Å². The third kappa shape index (κ3) is 4.40. The Balaban J connectivity index is 1.48. The van der Waals surface area contributed by atoms with Crippen molar-refractivity contribution in [1.82, 2.24) is 14.7 Å². The molecule has 7 nitrogen and oxygen atoms in total. The molecule has 2 saturated heterocycles. The van der Waals surface area contributed by atoms with Crippen LogP contribution in [0.4, 0.5) is 4.79 Å². The van der Waals surface area contributed by atoms with Gasteiger partial charge in [-0.25, -0.2) is 4.79 Å². The van der Waals surface area contributed by atoms with Gasteiger partial charge in [0.25, 0.3) is 0 Å². The standard InChI is InChI=1S/C20H35N3O4/c1-15(24)23(13-19(2,3)27-4)16-5-8-21(9-6-16)17-11-20(12-17)7-10-22(14-20)18(25)26/h16-17H,5-14H2,1-4H3,(H,25,26). The van der Waals surface area contributed by atoms with Gasteiger partial charge in [0.1, 0.15) is 0 Å². The highest BCUT2D eigenvalue weighted by molar-refractivity contribution is 5.73. The summed E-state index contributed by atoms with van der Waals surface area (Å²) < 4.78 is 5.52. The molecule has 0 aromatic carbocycles. The normalized spacial score (nSPS) is 29.8. The fourth-order valence-electron chi connectivity index (χ4n) is 5.16. The lowest BCUT2D eigenvalue weighted by molar-refractivity contribution is -0.137. The fraction of sp³-hybridized carbons (Fsp3) is 0.900. The second-order valence-electron chi connectivity index (χ2n) is 9.39. The van der Waals surface area contributed by atoms with Gasteiger partial charge >= 0.3 is 6.09 Å². The Kier molecular flexibility index (Phi) is 5.73. The van der Waals surface area contributed by atoms with Gasteiger partial charge in [-0.3, -0.25) is 4.79 Å². The number of piperidine rings is 1. The molecule has 1 aliphatic carbocycles. The van der Waals surface area contributed by atoms with E-state index in [1.807, 2.05) is 18.7 Å². The molecule has 2 aliphatic heterocycles. The van der Waals surface area contributed by atoms with Crippen molar-refractivity contribution in [3.63, 3.8) is 0 Å². The number of likely N-dealkylation sites (tertiary alicyclic amines) is 2. The number of amides is 2. The van der Waals surface area contributed by atoms with Gasteiger partial charge in [0.05, 0.1) is 5.60 Å². The summed E-state index contributed by atoms with van der Waals surface area (Å²) in [7, 11) is 1.70. The highest BCUT2D eigenvalue weighted by atomic mass is 16.5. The molecule has 27 heavy (non-hydrogen) atoms. The molecule has 3 fully saturated rings. The van der Waals surface area contributed by atoms with Gasteiger partial charge in [0.2, 0.25) is 5.91 Å². The maximum atomic E-state index is 12.2. The van der Waals surface area contributed by atoms with E-state index in [9.17, 15) is 14.7 Å². The number of carbonyl (C=O) groups is 2. The Labute approximate surface area is 162 Å². The van der Waals surface area contributed by atoms with Gasteiger partial charge in [-0.1, -0.05) is 0 Å². The third-order valence-corrected chi connectivity index (χ3v) is 7.01. The first-order chi connectivity index (χ1) is 12.6. The first-order valence-electron chi connectivity index (χ1n) is 10.2. The van der Waals surface area contributed by atoms with Crippen LogP contribution < -0.4 is 0 Å². The molecule has 0 unspecified atom stereocenters. The van der Waals surface area contributed by atoms with Crippen molar-refractivity contribution in [2.45, 2.75) is 70.6 Å². The van der Waals surface area contributed by atoms with Crippen LogP contribution >= 0.6 is 0 Å². The van der Waals surface area contributed by atoms with Gasteiger partial charge in [0, 0.05) is 58.8 Å². The maximum Gasteiger partial charge on any atom is 0.407 e. The molecule has 7 heteroatoms. The van der Waals surface area contributed by atoms with E-state index in [1.165, 1.54) is 0 Å². The van der Waals surface area contributed by atoms with E-state index in [4.69, 9.17) is 4.74 Å². The number of hydrogen-bond acceptors (Lipinski definition) is 4. The second-order valence-corrected chi connectivity index (χ2v) is 9.39. The number of carbonyl (C=O) groups excluding carboxylic acids is 1. The van der Waals surface area contributed by atoms with E-state index >= 15 is 0 Å². The van der Waals surface area contributed by atoms with Gasteiger partial charge < -0.3 is 24.5 Å². The maximum absolute atomic E-state index is 12.2. The lowest BCUT2D eigenvalue weighted by Gasteiger charge is -2.52. The van der Waals surface area contributed by atoms with Gasteiger partial charge in [-0.2, -0.15) is 0 Å². The summed E-state index contributed by atoms with van der Waals surface area (Å²) in [4.78, 5) is 29.5. The van der Waals surface area contributed by atoms with Gasteiger partial charge in [-0.05, 0) is 51.4 Å². The van der Waals surface area contributed by atoms with Crippen molar-refractivity contribution >= 4 is 12.0 Å². The first kappa shape index (κ1) is 20.4. The highest BCUT2D eigenvalue weighted by Crippen LogP contribution is 2.50. The summed E-state index contributed by atoms with van der Waals surface area (Å²) in [6, 6.07) is 0.872. The predicted octanol–water partition coefficient (Wildman–Crippen LogP) is 2.26. The lowest BCUT2D eigenvalue weighted by atomic mass is 9.64. The largest absolute Gasteiger partial charge is 0.465 e. The Morgan fingerprint density at radius 1 is 1.22 bits per heavy atom. The Bertz CT molecular complexity index is 566. The minimum atomic E-state index is -0.778. The van der Waals surface area contributed by atoms with Crippen LogP contribution in [0.15, 0.2) is 0 Å². The molecule has 0 bridgehead atoms. The SMILES string of the molecule is COC(C)(C)CN(C(C)=O)C1CCN(C2CC3(CCN(C(=O)O)C3)C2)CC1. The smallest absolute Gasteiger partial charge is 0.407 e. The molecule has 2 amide bonds. The van der Waals surface area contributed by atoms with Gasteiger partial charge in [0.15, 0.2) is 0 Å². The van der Waals surface area contributed by atoms with Crippen molar-refractivity contribution in [3.8, 4) is 0 Å². The quantitative estimate of drug-likeness (QED) is 0.791. The van der Waals surface area contributed by atoms with Crippen LogP contribution in [0.3, 0.4) is 0 Å². The monoisotopic (exact) mass is 381 g/mol. The average molecular weight is 382 g/mol. The zero-order chi connectivity index (χ0) is 19.8. The van der Waals surface area contributed by atoms with E-state index in [0.29, 0.717) is 25.7 Å². The van der Waals surface area contributed by atoms with Crippen LogP contribution in [0.2, 0.25) is 0 Å². The van der Waals surface area contributed by atoms with Crippen molar-refractivity contribution in [2.24, 2.45) is 5.41 Å². The number of nitrogens with zero attached hydrogens (tertiary/aromatic N) is 3. The van der Waals surface area contributed by atoms with Crippen LogP contribution in [0.5, 0.6) is 0 Å². The molecule has 0 aromatic rings. The van der Waals surface area contributed by atoms with Crippen molar-refractivity contribution in [1.29, 1.82) is 0 Å². The van der Waals surface area contributed by atoms with E-state index in [0.717, 1.165) is 45.2 Å². The summed E-state index contributed by atoms with van der Waals surface area (Å²) in [5.41, 5.74) is -0.102. The summed E-state index contributed by atoms with van der Waals surface area (Å²) in [6.07, 6.45) is 4.48. The Morgan fingerprint density at radius 3 is 2.33 bits per heavy atom. The summed E-state index contributed by atoms with van der Waals surface area (Å²) in [6.45, 7) is 9.76. The molecule has 1 spiro atoms. The van der Waals surface area contributed by atoms with Crippen LogP contribution in [-0.2, 0) is 9.53 Å². The zero-order valence-electron chi connectivity index (χ0n) is 17.2. The minimum Gasteiger partial charge on any atom is -0.465 e. The highest BCUT2D eigenvalue weighted by Gasteiger charge is 2.51.